The maximum atomic E-state index is 12.0. The van der Waals surface area contributed by atoms with Gasteiger partial charge in [0.1, 0.15) is 0 Å². The molecular formula is C16H25N3O2. The number of aliphatic hydroxyl groups excluding tert-OH is 1. The van der Waals surface area contributed by atoms with Gasteiger partial charge in [0.15, 0.2) is 0 Å². The van der Waals surface area contributed by atoms with Crippen LogP contribution >= 0.6 is 0 Å². The summed E-state index contributed by atoms with van der Waals surface area (Å²) in [6, 6.07) is 5.35. The highest BCUT2D eigenvalue weighted by Gasteiger charge is 2.27. The van der Waals surface area contributed by atoms with Crippen LogP contribution in [0.4, 0.5) is 11.4 Å². The Morgan fingerprint density at radius 2 is 2.14 bits per heavy atom. The molecule has 0 bridgehead atoms. The van der Waals surface area contributed by atoms with Crippen LogP contribution in [0.3, 0.4) is 0 Å². The Labute approximate surface area is 126 Å². The molecule has 1 aromatic rings. The third kappa shape index (κ3) is 3.47. The van der Waals surface area contributed by atoms with Gasteiger partial charge in [-0.25, -0.2) is 0 Å². The van der Waals surface area contributed by atoms with Gasteiger partial charge in [-0.2, -0.15) is 0 Å². The average Bonchev–Trinajstić information content (AvgIpc) is 2.48. The summed E-state index contributed by atoms with van der Waals surface area (Å²) >= 11 is 0. The first-order valence-electron chi connectivity index (χ1n) is 7.63. The molecule has 1 saturated carbocycles. The van der Waals surface area contributed by atoms with Gasteiger partial charge in [0.2, 0.25) is 0 Å². The third-order valence-corrected chi connectivity index (χ3v) is 4.20. The van der Waals surface area contributed by atoms with Crippen molar-refractivity contribution in [3.8, 4) is 0 Å². The predicted octanol–water partition coefficient (Wildman–Crippen LogP) is 1.76. The molecular weight excluding hydrogens is 266 g/mol. The fraction of sp³-hybridized carbons (Fsp3) is 0.562. The second kappa shape index (κ2) is 6.80. The molecule has 5 nitrogen and oxygen atoms in total. The number of nitrogens with two attached hydrogens (primary N) is 1. The molecule has 2 atom stereocenters. The van der Waals surface area contributed by atoms with E-state index in [-0.39, 0.29) is 18.1 Å². The van der Waals surface area contributed by atoms with Crippen molar-refractivity contribution in [1.82, 2.24) is 5.32 Å². The molecule has 2 unspecified atom stereocenters. The van der Waals surface area contributed by atoms with Crippen LogP contribution in [0.1, 0.15) is 43.0 Å². The van der Waals surface area contributed by atoms with Crippen molar-refractivity contribution in [3.05, 3.63) is 23.8 Å². The zero-order valence-corrected chi connectivity index (χ0v) is 12.8. The number of amides is 1. The monoisotopic (exact) mass is 291 g/mol. The highest BCUT2D eigenvalue weighted by Crippen LogP contribution is 2.30. The summed E-state index contributed by atoms with van der Waals surface area (Å²) in [4.78, 5) is 14.0. The zero-order valence-electron chi connectivity index (χ0n) is 12.8. The molecule has 1 aromatic carbocycles. The number of nitrogens with one attached hydrogen (secondary N) is 1. The van der Waals surface area contributed by atoms with E-state index >= 15 is 0 Å². The van der Waals surface area contributed by atoms with Crippen LogP contribution in [-0.4, -0.2) is 36.8 Å². The second-order valence-electron chi connectivity index (χ2n) is 5.66. The van der Waals surface area contributed by atoms with Crippen molar-refractivity contribution < 1.29 is 9.90 Å². The maximum Gasteiger partial charge on any atom is 0.251 e. The maximum absolute atomic E-state index is 12.0. The van der Waals surface area contributed by atoms with E-state index in [0.717, 1.165) is 31.4 Å². The lowest BCUT2D eigenvalue weighted by molar-refractivity contribution is 0.0956. The van der Waals surface area contributed by atoms with E-state index < -0.39 is 0 Å². The van der Waals surface area contributed by atoms with Crippen LogP contribution in [0.5, 0.6) is 0 Å². The molecule has 2 rings (SSSR count). The normalized spacial score (nSPS) is 21.9. The first-order valence-corrected chi connectivity index (χ1v) is 7.63. The van der Waals surface area contributed by atoms with Gasteiger partial charge in [-0.1, -0.05) is 12.8 Å². The van der Waals surface area contributed by atoms with Crippen molar-refractivity contribution in [2.45, 2.75) is 44.8 Å². The fourth-order valence-corrected chi connectivity index (χ4v) is 2.98. The number of hydrogen-bond donors (Lipinski definition) is 3. The number of aliphatic hydroxyl groups is 1. The lowest BCUT2D eigenvalue weighted by Gasteiger charge is -2.37. The van der Waals surface area contributed by atoms with Gasteiger partial charge >= 0.3 is 0 Å². The summed E-state index contributed by atoms with van der Waals surface area (Å²) in [6.07, 6.45) is 3.62. The van der Waals surface area contributed by atoms with Crippen LogP contribution in [0.25, 0.3) is 0 Å². The molecule has 21 heavy (non-hydrogen) atoms. The SMILES string of the molecule is CCNC(=O)c1ccc(N)c(N(C)C2CCCCC2O)c1. The first-order chi connectivity index (χ1) is 10.0. The molecule has 5 heteroatoms. The summed E-state index contributed by atoms with van der Waals surface area (Å²) in [5, 5.41) is 13.0. The molecule has 0 aromatic heterocycles. The smallest absolute Gasteiger partial charge is 0.251 e. The predicted molar refractivity (Wildman–Crippen MR) is 85.5 cm³/mol. The lowest BCUT2D eigenvalue weighted by Crippen LogP contribution is -2.43. The summed E-state index contributed by atoms with van der Waals surface area (Å²) in [7, 11) is 1.94. The molecule has 0 radical (unpaired) electrons. The zero-order chi connectivity index (χ0) is 15.4. The molecule has 1 amide bonds. The summed E-state index contributed by atoms with van der Waals surface area (Å²) in [5.74, 6) is -0.101. The Balaban J connectivity index is 2.25. The van der Waals surface area contributed by atoms with Crippen molar-refractivity contribution in [2.75, 3.05) is 24.2 Å². The number of hydrogen-bond acceptors (Lipinski definition) is 4. The highest BCUT2D eigenvalue weighted by molar-refractivity contribution is 5.96. The number of carbonyl (C=O) groups excluding carboxylic acids is 1. The first kappa shape index (κ1) is 15.6. The molecule has 1 aliphatic carbocycles. The molecule has 1 aliphatic rings. The van der Waals surface area contributed by atoms with E-state index in [1.807, 2.05) is 24.9 Å². The standard InChI is InChI=1S/C16H25N3O2/c1-3-18-16(21)11-8-9-12(17)14(10-11)19(2)13-6-4-5-7-15(13)20/h8-10,13,15,20H,3-7,17H2,1-2H3,(H,18,21). The van der Waals surface area contributed by atoms with Crippen LogP contribution in [-0.2, 0) is 0 Å². The molecule has 0 spiro atoms. The van der Waals surface area contributed by atoms with Crippen LogP contribution in [0, 0.1) is 0 Å². The molecule has 0 aliphatic heterocycles. The summed E-state index contributed by atoms with van der Waals surface area (Å²) < 4.78 is 0. The molecule has 1 fully saturated rings. The largest absolute Gasteiger partial charge is 0.397 e. The van der Waals surface area contributed by atoms with E-state index in [1.54, 1.807) is 12.1 Å². The van der Waals surface area contributed by atoms with Crippen molar-refractivity contribution in [1.29, 1.82) is 0 Å². The molecule has 4 N–H and O–H groups in total. The van der Waals surface area contributed by atoms with Gasteiger partial charge in [-0.05, 0) is 38.0 Å². The van der Waals surface area contributed by atoms with Crippen LogP contribution in [0.15, 0.2) is 18.2 Å². The fourth-order valence-electron chi connectivity index (χ4n) is 2.98. The second-order valence-corrected chi connectivity index (χ2v) is 5.66. The number of nitrogen functional groups attached to an aromatic ring is 1. The van der Waals surface area contributed by atoms with Gasteiger partial charge in [0, 0.05) is 19.2 Å². The highest BCUT2D eigenvalue weighted by atomic mass is 16.3. The van der Waals surface area contributed by atoms with Gasteiger partial charge in [0.25, 0.3) is 5.91 Å². The van der Waals surface area contributed by atoms with E-state index in [4.69, 9.17) is 5.73 Å². The number of likely N-dealkylation sites (N-methyl/N-ethyl adjacent to an activating group) is 1. The van der Waals surface area contributed by atoms with E-state index in [2.05, 4.69) is 5.32 Å². The number of rotatable bonds is 4. The Hall–Kier alpha value is -1.75. The Morgan fingerprint density at radius 3 is 2.81 bits per heavy atom. The molecule has 116 valence electrons. The number of anilines is 2. The topological polar surface area (TPSA) is 78.6 Å². The number of carbonyl (C=O) groups is 1. The summed E-state index contributed by atoms with van der Waals surface area (Å²) in [5.41, 5.74) is 8.10. The Kier molecular flexibility index (Phi) is 5.07. The quantitative estimate of drug-likeness (QED) is 0.739. The third-order valence-electron chi connectivity index (χ3n) is 4.20. The van der Waals surface area contributed by atoms with Crippen molar-refractivity contribution in [3.63, 3.8) is 0 Å². The van der Waals surface area contributed by atoms with E-state index in [0.29, 0.717) is 17.8 Å². The Bertz CT molecular complexity index is 504. The number of benzene rings is 1. The minimum atomic E-state index is -0.337. The van der Waals surface area contributed by atoms with E-state index in [9.17, 15) is 9.90 Å². The molecule has 0 heterocycles. The van der Waals surface area contributed by atoms with Crippen molar-refractivity contribution >= 4 is 17.3 Å². The van der Waals surface area contributed by atoms with Gasteiger partial charge in [0.05, 0.1) is 23.5 Å². The Morgan fingerprint density at radius 1 is 1.43 bits per heavy atom. The van der Waals surface area contributed by atoms with Crippen LogP contribution in [0.2, 0.25) is 0 Å². The van der Waals surface area contributed by atoms with Crippen LogP contribution < -0.4 is 16.0 Å². The van der Waals surface area contributed by atoms with Crippen molar-refractivity contribution in [2.24, 2.45) is 0 Å². The van der Waals surface area contributed by atoms with Gasteiger partial charge < -0.3 is 21.1 Å². The molecule has 0 saturated heterocycles. The van der Waals surface area contributed by atoms with Gasteiger partial charge in [-0.3, -0.25) is 4.79 Å². The average molecular weight is 291 g/mol. The lowest BCUT2D eigenvalue weighted by atomic mass is 9.91. The minimum Gasteiger partial charge on any atom is -0.397 e. The summed E-state index contributed by atoms with van der Waals surface area (Å²) in [6.45, 7) is 2.48. The minimum absolute atomic E-state index is 0.0607. The van der Waals surface area contributed by atoms with E-state index in [1.165, 1.54) is 0 Å². The van der Waals surface area contributed by atoms with Gasteiger partial charge in [-0.15, -0.1) is 0 Å². The number of nitrogens with zero attached hydrogens (tertiary/aromatic N) is 1.